The van der Waals surface area contributed by atoms with Crippen LogP contribution in [0.25, 0.3) is 21.3 Å². The molecule has 0 atom stereocenters. The van der Waals surface area contributed by atoms with Gasteiger partial charge in [0.25, 0.3) is 5.91 Å². The van der Waals surface area contributed by atoms with Gasteiger partial charge in [0.05, 0.1) is 5.39 Å². The quantitative estimate of drug-likeness (QED) is 0.320. The molecule has 200 valence electrons. The van der Waals surface area contributed by atoms with Gasteiger partial charge in [-0.15, -0.1) is 11.3 Å². The van der Waals surface area contributed by atoms with Gasteiger partial charge in [-0.05, 0) is 35.7 Å². The summed E-state index contributed by atoms with van der Waals surface area (Å²) in [5.74, 6) is -0.373. The number of carboxylic acids is 1. The molecule has 5 rings (SSSR count). The van der Waals surface area contributed by atoms with E-state index in [0.717, 1.165) is 32.6 Å². The summed E-state index contributed by atoms with van der Waals surface area (Å²) < 4.78 is 0. The zero-order valence-electron chi connectivity index (χ0n) is 21.4. The van der Waals surface area contributed by atoms with Crippen LogP contribution in [0.5, 0.6) is 0 Å². The summed E-state index contributed by atoms with van der Waals surface area (Å²) in [5.41, 5.74) is 2.82. The highest BCUT2D eigenvalue weighted by Gasteiger charge is 2.25. The molecule has 1 saturated heterocycles. The minimum atomic E-state index is -1.15. The second-order valence-electron chi connectivity index (χ2n) is 9.08. The number of fused-ring (bicyclic) bond motifs is 1. The van der Waals surface area contributed by atoms with Crippen LogP contribution in [-0.2, 0) is 11.2 Å². The van der Waals surface area contributed by atoms with E-state index in [0.29, 0.717) is 37.6 Å². The molecule has 2 aromatic carbocycles. The zero-order valence-corrected chi connectivity index (χ0v) is 22.2. The lowest BCUT2D eigenvalue weighted by atomic mass is 10.0. The molecule has 3 amide bonds. The number of nitrogens with zero attached hydrogens (tertiary/aromatic N) is 4. The number of carbonyl (C=O) groups excluding carboxylic acids is 2. The topological polar surface area (TPSA) is 128 Å². The Morgan fingerprint density at radius 2 is 1.64 bits per heavy atom. The number of hydrogen-bond acceptors (Lipinski definition) is 7. The first-order valence-corrected chi connectivity index (χ1v) is 13.5. The fourth-order valence-corrected chi connectivity index (χ4v) is 5.43. The van der Waals surface area contributed by atoms with E-state index >= 15 is 0 Å². The minimum Gasteiger partial charge on any atom is -0.480 e. The maximum absolute atomic E-state index is 13.2. The number of aromatic nitrogens is 2. The molecule has 0 aliphatic carbocycles. The Labute approximate surface area is 229 Å². The summed E-state index contributed by atoms with van der Waals surface area (Å²) in [6.45, 7) is 3.75. The molecular weight excluding hydrogens is 516 g/mol. The number of rotatable bonds is 7. The summed E-state index contributed by atoms with van der Waals surface area (Å²) in [6.07, 6.45) is 0.841. The Bertz CT molecular complexity index is 1500. The molecule has 2 aromatic heterocycles. The normalized spacial score (nSPS) is 13.4. The average molecular weight is 545 g/mol. The van der Waals surface area contributed by atoms with E-state index in [4.69, 9.17) is 5.11 Å². The third-order valence-corrected chi connectivity index (χ3v) is 7.68. The molecule has 0 bridgehead atoms. The largest absolute Gasteiger partial charge is 0.480 e. The maximum atomic E-state index is 13.2. The Balaban J connectivity index is 1.29. The standard InChI is InChI=1S/C28H28N6O4S/c1-2-21-16-22-24(30-27(31-25(22)39-21)32-28(38)29-17-23(35)36)33-12-14-34(15-13-33)26(37)20-10-8-19(9-11-20)18-6-4-3-5-7-18/h3-11,16H,2,12-15,17H2,1H3,(H,35,36)(H2,29,30,31,32,38). The van der Waals surface area contributed by atoms with Crippen LogP contribution in [0.4, 0.5) is 16.6 Å². The number of carbonyl (C=O) groups is 3. The highest BCUT2D eigenvalue weighted by molar-refractivity contribution is 7.18. The Hall–Kier alpha value is -4.51. The van der Waals surface area contributed by atoms with E-state index in [1.165, 1.54) is 11.3 Å². The number of benzene rings is 2. The molecule has 10 nitrogen and oxygen atoms in total. The number of thiophene rings is 1. The molecule has 1 aliphatic heterocycles. The predicted octanol–water partition coefficient (Wildman–Crippen LogP) is 4.09. The van der Waals surface area contributed by atoms with Crippen molar-refractivity contribution >= 4 is 51.2 Å². The van der Waals surface area contributed by atoms with Crippen LogP contribution >= 0.6 is 11.3 Å². The zero-order chi connectivity index (χ0) is 27.4. The van der Waals surface area contributed by atoms with Gasteiger partial charge < -0.3 is 20.2 Å². The number of hydrogen-bond donors (Lipinski definition) is 3. The molecule has 11 heteroatoms. The second-order valence-corrected chi connectivity index (χ2v) is 10.2. The number of aryl methyl sites for hydroxylation is 1. The van der Waals surface area contributed by atoms with Crippen molar-refractivity contribution in [3.63, 3.8) is 0 Å². The monoisotopic (exact) mass is 544 g/mol. The van der Waals surface area contributed by atoms with E-state index in [1.54, 1.807) is 0 Å². The van der Waals surface area contributed by atoms with Crippen molar-refractivity contribution in [2.45, 2.75) is 13.3 Å². The summed E-state index contributed by atoms with van der Waals surface area (Å²) in [4.78, 5) is 51.0. The molecule has 3 heterocycles. The van der Waals surface area contributed by atoms with Crippen LogP contribution in [-0.4, -0.2) is 70.6 Å². The van der Waals surface area contributed by atoms with Crippen LogP contribution in [0.15, 0.2) is 60.7 Å². The number of anilines is 2. The van der Waals surface area contributed by atoms with E-state index in [9.17, 15) is 14.4 Å². The highest BCUT2D eigenvalue weighted by atomic mass is 32.1. The molecule has 1 fully saturated rings. The van der Waals surface area contributed by atoms with E-state index in [1.807, 2.05) is 59.5 Å². The van der Waals surface area contributed by atoms with Gasteiger partial charge in [-0.25, -0.2) is 9.78 Å². The van der Waals surface area contributed by atoms with Gasteiger partial charge >= 0.3 is 12.0 Å². The first-order chi connectivity index (χ1) is 18.9. The molecule has 1 aliphatic rings. The lowest BCUT2D eigenvalue weighted by Gasteiger charge is -2.35. The first-order valence-electron chi connectivity index (χ1n) is 12.7. The Kier molecular flexibility index (Phi) is 7.69. The minimum absolute atomic E-state index is 0.0108. The van der Waals surface area contributed by atoms with Crippen molar-refractivity contribution < 1.29 is 19.5 Å². The number of amides is 3. The predicted molar refractivity (Wildman–Crippen MR) is 151 cm³/mol. The smallest absolute Gasteiger partial charge is 0.323 e. The third kappa shape index (κ3) is 5.99. The lowest BCUT2D eigenvalue weighted by Crippen LogP contribution is -2.49. The van der Waals surface area contributed by atoms with E-state index < -0.39 is 18.5 Å². The molecule has 0 spiro atoms. The summed E-state index contributed by atoms with van der Waals surface area (Å²) in [7, 11) is 0. The summed E-state index contributed by atoms with van der Waals surface area (Å²) in [6, 6.07) is 19.1. The Morgan fingerprint density at radius 3 is 2.31 bits per heavy atom. The molecule has 39 heavy (non-hydrogen) atoms. The van der Waals surface area contributed by atoms with Crippen LogP contribution in [0.2, 0.25) is 0 Å². The molecule has 4 aromatic rings. The SMILES string of the molecule is CCc1cc2c(N3CCN(C(=O)c4ccc(-c5ccccc5)cc4)CC3)nc(NC(=O)NCC(=O)O)nc2s1. The van der Waals surface area contributed by atoms with Crippen molar-refractivity contribution in [2.24, 2.45) is 0 Å². The van der Waals surface area contributed by atoms with Gasteiger partial charge in [-0.3, -0.25) is 14.9 Å². The maximum Gasteiger partial charge on any atom is 0.323 e. The highest BCUT2D eigenvalue weighted by Crippen LogP contribution is 2.33. The van der Waals surface area contributed by atoms with Gasteiger partial charge in [0.2, 0.25) is 5.95 Å². The van der Waals surface area contributed by atoms with Gasteiger partial charge in [0.15, 0.2) is 0 Å². The van der Waals surface area contributed by atoms with Crippen LogP contribution < -0.4 is 15.5 Å². The Morgan fingerprint density at radius 1 is 0.949 bits per heavy atom. The first kappa shape index (κ1) is 26.1. The fourth-order valence-electron chi connectivity index (χ4n) is 4.47. The van der Waals surface area contributed by atoms with Gasteiger partial charge in [-0.1, -0.05) is 49.4 Å². The van der Waals surface area contributed by atoms with E-state index in [-0.39, 0.29) is 11.9 Å². The molecule has 0 saturated carbocycles. The number of carboxylic acid groups (broad SMARTS) is 1. The van der Waals surface area contributed by atoms with Crippen molar-refractivity contribution in [1.29, 1.82) is 0 Å². The number of urea groups is 1. The van der Waals surface area contributed by atoms with Crippen molar-refractivity contribution in [3.05, 3.63) is 71.1 Å². The summed E-state index contributed by atoms with van der Waals surface area (Å²) >= 11 is 1.53. The molecule has 0 radical (unpaired) electrons. The lowest BCUT2D eigenvalue weighted by molar-refractivity contribution is -0.135. The van der Waals surface area contributed by atoms with Crippen LogP contribution in [0.1, 0.15) is 22.2 Å². The number of aliphatic carboxylic acids is 1. The number of piperazine rings is 1. The fraction of sp³-hybridized carbons (Fsp3) is 0.250. The number of nitrogens with one attached hydrogen (secondary N) is 2. The molecule has 3 N–H and O–H groups in total. The van der Waals surface area contributed by atoms with Gasteiger partial charge in [-0.2, -0.15) is 4.98 Å². The second kappa shape index (κ2) is 11.5. The molecular formula is C28H28N6O4S. The van der Waals surface area contributed by atoms with Crippen molar-refractivity contribution in [3.8, 4) is 11.1 Å². The average Bonchev–Trinajstić information content (AvgIpc) is 3.39. The van der Waals surface area contributed by atoms with E-state index in [2.05, 4.69) is 38.5 Å². The molecule has 0 unspecified atom stereocenters. The van der Waals surface area contributed by atoms with Crippen molar-refractivity contribution in [1.82, 2.24) is 20.2 Å². The van der Waals surface area contributed by atoms with Crippen molar-refractivity contribution in [2.75, 3.05) is 42.9 Å². The van der Waals surface area contributed by atoms with Crippen LogP contribution in [0.3, 0.4) is 0 Å². The van der Waals surface area contributed by atoms with Gasteiger partial charge in [0.1, 0.15) is 17.2 Å². The van der Waals surface area contributed by atoms with Crippen LogP contribution in [0, 0.1) is 0 Å². The third-order valence-electron chi connectivity index (χ3n) is 6.50. The van der Waals surface area contributed by atoms with Gasteiger partial charge in [0, 0.05) is 36.6 Å². The summed E-state index contributed by atoms with van der Waals surface area (Å²) in [5, 5.41) is 14.5.